The van der Waals surface area contributed by atoms with Crippen LogP contribution in [0.15, 0.2) is 10.6 Å². The van der Waals surface area contributed by atoms with Gasteiger partial charge in [0.1, 0.15) is 6.10 Å². The van der Waals surface area contributed by atoms with Crippen LogP contribution in [0.1, 0.15) is 109 Å². The van der Waals surface area contributed by atoms with Crippen molar-refractivity contribution in [2.45, 2.75) is 103 Å². The second kappa shape index (κ2) is 6.56. The molecule has 0 radical (unpaired) electrons. The van der Waals surface area contributed by atoms with Crippen LogP contribution in [-0.4, -0.2) is 21.0 Å². The van der Waals surface area contributed by atoms with E-state index in [1.807, 2.05) is 6.07 Å². The maximum absolute atomic E-state index is 10.7. The summed E-state index contributed by atoms with van der Waals surface area (Å²) >= 11 is 0. The predicted molar refractivity (Wildman–Crippen MR) is 112 cm³/mol. The standard InChI is InChI=1S/C25H39NO3/c1-15(27)22-13-21(26-29-22)20-8-7-18-17-6-5-16-14-23(2,28)11-12-24(16,3)19(17)9-10-25(18,20)4/h13,15-20,27-28H,5-12,14H2,1-4H3. The van der Waals surface area contributed by atoms with Crippen molar-refractivity contribution in [1.29, 1.82) is 0 Å². The molecular weight excluding hydrogens is 362 g/mol. The molecular formula is C25H39NO3. The maximum atomic E-state index is 10.7. The molecule has 9 unspecified atom stereocenters. The molecule has 1 aromatic rings. The van der Waals surface area contributed by atoms with Gasteiger partial charge in [-0.15, -0.1) is 0 Å². The molecule has 4 aliphatic rings. The van der Waals surface area contributed by atoms with E-state index >= 15 is 0 Å². The Labute approximate surface area is 175 Å². The Kier molecular flexibility index (Phi) is 4.54. The molecule has 4 fully saturated rings. The van der Waals surface area contributed by atoms with Crippen LogP contribution in [-0.2, 0) is 0 Å². The van der Waals surface area contributed by atoms with Gasteiger partial charge < -0.3 is 14.7 Å². The number of fused-ring (bicyclic) bond motifs is 5. The minimum absolute atomic E-state index is 0.303. The summed E-state index contributed by atoms with van der Waals surface area (Å²) in [6, 6.07) is 2.01. The van der Waals surface area contributed by atoms with Gasteiger partial charge in [0.25, 0.3) is 0 Å². The molecule has 2 N–H and O–H groups in total. The lowest BCUT2D eigenvalue weighted by molar-refractivity contribution is -0.143. The van der Waals surface area contributed by atoms with Crippen LogP contribution in [0.3, 0.4) is 0 Å². The van der Waals surface area contributed by atoms with Crippen LogP contribution in [0.5, 0.6) is 0 Å². The van der Waals surface area contributed by atoms with E-state index in [2.05, 4.69) is 25.9 Å². The summed E-state index contributed by atoms with van der Waals surface area (Å²) in [6.45, 7) is 8.88. The topological polar surface area (TPSA) is 66.5 Å². The largest absolute Gasteiger partial charge is 0.390 e. The minimum atomic E-state index is -0.587. The molecule has 0 aliphatic heterocycles. The zero-order valence-corrected chi connectivity index (χ0v) is 18.7. The normalized spacial score (nSPS) is 50.5. The van der Waals surface area contributed by atoms with Crippen molar-refractivity contribution in [1.82, 2.24) is 5.16 Å². The van der Waals surface area contributed by atoms with E-state index in [4.69, 9.17) is 4.52 Å². The first-order valence-corrected chi connectivity index (χ1v) is 12.0. The second-order valence-corrected chi connectivity index (χ2v) is 11.9. The first kappa shape index (κ1) is 20.1. The van der Waals surface area contributed by atoms with E-state index in [1.54, 1.807) is 6.92 Å². The molecule has 29 heavy (non-hydrogen) atoms. The van der Waals surface area contributed by atoms with Crippen molar-refractivity contribution in [3.8, 4) is 0 Å². The molecule has 0 aromatic carbocycles. The summed E-state index contributed by atoms with van der Waals surface area (Å²) in [5.74, 6) is 4.17. The maximum Gasteiger partial charge on any atom is 0.165 e. The summed E-state index contributed by atoms with van der Waals surface area (Å²) in [6.07, 6.45) is 10.3. The Morgan fingerprint density at radius 1 is 1.00 bits per heavy atom. The van der Waals surface area contributed by atoms with Crippen LogP contribution in [0.25, 0.3) is 0 Å². The van der Waals surface area contributed by atoms with Gasteiger partial charge in [0.2, 0.25) is 0 Å². The predicted octanol–water partition coefficient (Wildman–Crippen LogP) is 5.61. The van der Waals surface area contributed by atoms with Gasteiger partial charge in [0, 0.05) is 12.0 Å². The summed E-state index contributed by atoms with van der Waals surface area (Å²) in [7, 11) is 0. The number of hydrogen-bond donors (Lipinski definition) is 2. The number of rotatable bonds is 2. The first-order chi connectivity index (χ1) is 13.6. The number of nitrogens with zero attached hydrogens (tertiary/aromatic N) is 1. The molecule has 4 nitrogen and oxygen atoms in total. The highest BCUT2D eigenvalue weighted by Gasteiger charge is 2.61. The number of aliphatic hydroxyl groups excluding tert-OH is 1. The second-order valence-electron chi connectivity index (χ2n) is 11.9. The van der Waals surface area contributed by atoms with Gasteiger partial charge in [-0.05, 0) is 106 Å². The molecule has 1 heterocycles. The average Bonchev–Trinajstić information content (AvgIpc) is 3.26. The fourth-order valence-electron chi connectivity index (χ4n) is 8.58. The first-order valence-electron chi connectivity index (χ1n) is 12.0. The molecule has 162 valence electrons. The third kappa shape index (κ3) is 2.96. The van der Waals surface area contributed by atoms with Gasteiger partial charge in [-0.25, -0.2) is 0 Å². The van der Waals surface area contributed by atoms with Crippen molar-refractivity contribution >= 4 is 0 Å². The Hall–Kier alpha value is -0.870. The van der Waals surface area contributed by atoms with Crippen LogP contribution < -0.4 is 0 Å². The Balaban J connectivity index is 1.40. The Bertz CT molecular complexity index is 770. The molecule has 0 spiro atoms. The lowest BCUT2D eigenvalue weighted by Crippen LogP contribution is -2.55. The molecule has 1 aromatic heterocycles. The van der Waals surface area contributed by atoms with Crippen molar-refractivity contribution in [3.63, 3.8) is 0 Å². The zero-order valence-electron chi connectivity index (χ0n) is 18.7. The molecule has 9 atom stereocenters. The molecule has 0 saturated heterocycles. The van der Waals surface area contributed by atoms with Gasteiger partial charge in [-0.1, -0.05) is 19.0 Å². The number of hydrogen-bond acceptors (Lipinski definition) is 4. The van der Waals surface area contributed by atoms with Gasteiger partial charge >= 0.3 is 0 Å². The monoisotopic (exact) mass is 401 g/mol. The van der Waals surface area contributed by atoms with Crippen LogP contribution in [0.4, 0.5) is 0 Å². The fourth-order valence-corrected chi connectivity index (χ4v) is 8.58. The third-order valence-corrected chi connectivity index (χ3v) is 10.3. The van der Waals surface area contributed by atoms with Crippen molar-refractivity contribution in [3.05, 3.63) is 17.5 Å². The molecule has 4 saturated carbocycles. The third-order valence-electron chi connectivity index (χ3n) is 10.3. The van der Waals surface area contributed by atoms with E-state index in [9.17, 15) is 10.2 Å². The minimum Gasteiger partial charge on any atom is -0.390 e. The summed E-state index contributed by atoms with van der Waals surface area (Å²) in [5.41, 5.74) is 1.33. The summed E-state index contributed by atoms with van der Waals surface area (Å²) < 4.78 is 5.45. The fraction of sp³-hybridized carbons (Fsp3) is 0.880. The lowest BCUT2D eigenvalue weighted by Gasteiger charge is -2.61. The van der Waals surface area contributed by atoms with E-state index in [-0.39, 0.29) is 0 Å². The van der Waals surface area contributed by atoms with Gasteiger partial charge in [0.05, 0.1) is 11.3 Å². The highest BCUT2D eigenvalue weighted by Crippen LogP contribution is 2.69. The van der Waals surface area contributed by atoms with Gasteiger partial charge in [0.15, 0.2) is 5.76 Å². The van der Waals surface area contributed by atoms with Crippen LogP contribution in [0.2, 0.25) is 0 Å². The average molecular weight is 402 g/mol. The highest BCUT2D eigenvalue weighted by molar-refractivity contribution is 5.21. The van der Waals surface area contributed by atoms with E-state index in [1.165, 1.54) is 44.9 Å². The van der Waals surface area contributed by atoms with Gasteiger partial charge in [-0.3, -0.25) is 0 Å². The Morgan fingerprint density at radius 3 is 2.48 bits per heavy atom. The van der Waals surface area contributed by atoms with E-state index in [0.29, 0.717) is 28.4 Å². The molecule has 4 aliphatic carbocycles. The summed E-state index contributed by atoms with van der Waals surface area (Å²) in [5, 5.41) is 24.9. The molecule has 0 amide bonds. The Morgan fingerprint density at radius 2 is 1.76 bits per heavy atom. The zero-order chi connectivity index (χ0) is 20.6. The smallest absolute Gasteiger partial charge is 0.165 e. The van der Waals surface area contributed by atoms with Crippen molar-refractivity contribution in [2.24, 2.45) is 34.5 Å². The van der Waals surface area contributed by atoms with Crippen molar-refractivity contribution < 1.29 is 14.7 Å². The highest BCUT2D eigenvalue weighted by atomic mass is 16.5. The van der Waals surface area contributed by atoms with Crippen LogP contribution in [0, 0.1) is 34.5 Å². The van der Waals surface area contributed by atoms with Gasteiger partial charge in [-0.2, -0.15) is 0 Å². The van der Waals surface area contributed by atoms with E-state index in [0.717, 1.165) is 36.3 Å². The summed E-state index contributed by atoms with van der Waals surface area (Å²) in [4.78, 5) is 0. The number of aromatic nitrogens is 1. The van der Waals surface area contributed by atoms with Crippen molar-refractivity contribution in [2.75, 3.05) is 0 Å². The van der Waals surface area contributed by atoms with Crippen LogP contribution >= 0.6 is 0 Å². The lowest BCUT2D eigenvalue weighted by atomic mass is 9.44. The molecule has 0 bridgehead atoms. The van der Waals surface area contributed by atoms with E-state index < -0.39 is 11.7 Å². The quantitative estimate of drug-likeness (QED) is 0.676. The molecule has 5 rings (SSSR count). The molecule has 4 heteroatoms. The SMILES string of the molecule is CC(O)c1cc(C2CCC3C4CCC5CC(C)(O)CCC5(C)C4CCC23C)no1. The number of aliphatic hydroxyl groups is 2.